The summed E-state index contributed by atoms with van der Waals surface area (Å²) in [4.78, 5) is 28.4. The highest BCUT2D eigenvalue weighted by atomic mass is 35.5. The van der Waals surface area contributed by atoms with Gasteiger partial charge < -0.3 is 15.0 Å². The van der Waals surface area contributed by atoms with Crippen LogP contribution in [0.5, 0.6) is 5.75 Å². The number of ether oxygens (including phenoxy) is 1. The van der Waals surface area contributed by atoms with Crippen LogP contribution in [-0.4, -0.2) is 51.4 Å². The highest BCUT2D eigenvalue weighted by Crippen LogP contribution is 2.32. The molecule has 11 heteroatoms. The summed E-state index contributed by atoms with van der Waals surface area (Å²) in [5.41, 5.74) is 0.827. The number of sulfonamides is 1. The minimum absolute atomic E-state index is 0.00973. The van der Waals surface area contributed by atoms with Crippen LogP contribution in [0, 0.1) is 0 Å². The number of nitrogens with zero attached hydrogens (tertiary/aromatic N) is 2. The molecule has 0 spiro atoms. The van der Waals surface area contributed by atoms with Crippen molar-refractivity contribution >= 4 is 50.7 Å². The van der Waals surface area contributed by atoms with Gasteiger partial charge in [0.2, 0.25) is 11.8 Å². The highest BCUT2D eigenvalue weighted by molar-refractivity contribution is 7.92. The Bertz CT molecular complexity index is 1400. The predicted octanol–water partition coefficient (Wildman–Crippen LogP) is 5.14. The molecule has 0 aliphatic carbocycles. The number of benzene rings is 3. The van der Waals surface area contributed by atoms with E-state index in [1.165, 1.54) is 24.1 Å². The maximum absolute atomic E-state index is 14.0. The molecule has 0 bridgehead atoms. The Morgan fingerprint density at radius 1 is 0.949 bits per heavy atom. The molecule has 3 aromatic rings. The van der Waals surface area contributed by atoms with Crippen LogP contribution in [0.25, 0.3) is 0 Å². The first-order valence-corrected chi connectivity index (χ1v) is 14.6. The molecule has 3 aromatic carbocycles. The van der Waals surface area contributed by atoms with Gasteiger partial charge in [0.05, 0.1) is 27.7 Å². The minimum Gasteiger partial charge on any atom is -0.495 e. The molecule has 2 amide bonds. The molecule has 1 atom stereocenters. The lowest BCUT2D eigenvalue weighted by atomic mass is 10.1. The number of halogens is 2. The summed E-state index contributed by atoms with van der Waals surface area (Å²) >= 11 is 12.3. The molecule has 0 aliphatic rings. The fourth-order valence-electron chi connectivity index (χ4n) is 4.12. The number of methoxy groups -OCH3 is 1. The monoisotopic (exact) mass is 591 g/mol. The minimum atomic E-state index is -4.20. The zero-order valence-corrected chi connectivity index (χ0v) is 24.3. The molecular weight excluding hydrogens is 561 g/mol. The topological polar surface area (TPSA) is 96.0 Å². The van der Waals surface area contributed by atoms with Gasteiger partial charge in [-0.2, -0.15) is 0 Å². The summed E-state index contributed by atoms with van der Waals surface area (Å²) in [6.45, 7) is 3.38. The number of nitrogens with one attached hydrogen (secondary N) is 1. The molecule has 3 rings (SSSR count). The van der Waals surface area contributed by atoms with Crippen LogP contribution in [0.3, 0.4) is 0 Å². The molecule has 0 radical (unpaired) electrons. The zero-order chi connectivity index (χ0) is 28.6. The van der Waals surface area contributed by atoms with Crippen molar-refractivity contribution in [2.45, 2.75) is 37.8 Å². The van der Waals surface area contributed by atoms with Gasteiger partial charge in [-0.15, -0.1) is 0 Å². The predicted molar refractivity (Wildman–Crippen MR) is 154 cm³/mol. The molecule has 0 aromatic heterocycles. The van der Waals surface area contributed by atoms with Crippen LogP contribution in [-0.2, 0) is 26.2 Å². The van der Waals surface area contributed by atoms with Crippen LogP contribution in [0.1, 0.15) is 25.8 Å². The van der Waals surface area contributed by atoms with Gasteiger partial charge in [0.15, 0.2) is 0 Å². The van der Waals surface area contributed by atoms with Gasteiger partial charge in [0, 0.05) is 13.1 Å². The molecule has 0 saturated carbocycles. The number of hydrogen-bond acceptors (Lipinski definition) is 5. The summed E-state index contributed by atoms with van der Waals surface area (Å²) < 4.78 is 34.2. The van der Waals surface area contributed by atoms with E-state index >= 15 is 0 Å². The van der Waals surface area contributed by atoms with Gasteiger partial charge in [-0.1, -0.05) is 66.5 Å². The number of carbonyl (C=O) groups excluding carboxylic acids is 2. The quantitative estimate of drug-likeness (QED) is 0.314. The van der Waals surface area contributed by atoms with Crippen molar-refractivity contribution in [3.63, 3.8) is 0 Å². The van der Waals surface area contributed by atoms with E-state index in [0.29, 0.717) is 28.6 Å². The Morgan fingerprint density at radius 3 is 2.23 bits per heavy atom. The largest absolute Gasteiger partial charge is 0.495 e. The van der Waals surface area contributed by atoms with Gasteiger partial charge >= 0.3 is 0 Å². The van der Waals surface area contributed by atoms with Crippen LogP contribution in [0.2, 0.25) is 10.0 Å². The second-order valence-corrected chi connectivity index (χ2v) is 11.3. The molecule has 0 aliphatic heterocycles. The molecule has 0 saturated heterocycles. The molecular formula is C28H31Cl2N3O5S. The molecule has 39 heavy (non-hydrogen) atoms. The van der Waals surface area contributed by atoms with Crippen LogP contribution >= 0.6 is 23.2 Å². The van der Waals surface area contributed by atoms with Crippen molar-refractivity contribution in [3.05, 3.63) is 88.4 Å². The SMILES string of the molecule is CCNC(=O)[C@H](CC)N(Cc1ccc(Cl)c(Cl)c1)C(=O)CN(c1ccccc1OC)S(=O)(=O)c1ccccc1. The number of rotatable bonds is 12. The van der Waals surface area contributed by atoms with E-state index in [0.717, 1.165) is 4.31 Å². The lowest BCUT2D eigenvalue weighted by Gasteiger charge is -2.33. The van der Waals surface area contributed by atoms with Crippen LogP contribution in [0.4, 0.5) is 5.69 Å². The molecule has 208 valence electrons. The molecule has 0 heterocycles. The van der Waals surface area contributed by atoms with Crippen LogP contribution < -0.4 is 14.4 Å². The Labute approximate surface area is 239 Å². The summed E-state index contributed by atoms with van der Waals surface area (Å²) in [6.07, 6.45) is 0.305. The van der Waals surface area contributed by atoms with Gasteiger partial charge in [-0.25, -0.2) is 8.42 Å². The first-order valence-electron chi connectivity index (χ1n) is 12.4. The van der Waals surface area contributed by atoms with E-state index in [2.05, 4.69) is 5.32 Å². The van der Waals surface area contributed by atoms with E-state index in [1.54, 1.807) is 74.5 Å². The Kier molecular flexibility index (Phi) is 10.6. The van der Waals surface area contributed by atoms with Crippen molar-refractivity contribution in [2.75, 3.05) is 24.5 Å². The Hall–Kier alpha value is -3.27. The summed E-state index contributed by atoms with van der Waals surface area (Å²) in [5.74, 6) is -0.649. The number of carbonyl (C=O) groups is 2. The fourth-order valence-corrected chi connectivity index (χ4v) is 5.88. The normalized spacial score (nSPS) is 11.9. The Morgan fingerprint density at radius 2 is 1.62 bits per heavy atom. The highest BCUT2D eigenvalue weighted by Gasteiger charge is 2.34. The summed E-state index contributed by atoms with van der Waals surface area (Å²) in [7, 11) is -2.77. The number of para-hydroxylation sites is 2. The fraction of sp³-hybridized carbons (Fsp3) is 0.286. The maximum Gasteiger partial charge on any atom is 0.264 e. The van der Waals surface area contributed by atoms with E-state index in [1.807, 2.05) is 0 Å². The number of amides is 2. The van der Waals surface area contributed by atoms with Gasteiger partial charge in [0.1, 0.15) is 18.3 Å². The van der Waals surface area contributed by atoms with Gasteiger partial charge in [0.25, 0.3) is 10.0 Å². The molecule has 0 fully saturated rings. The second-order valence-electron chi connectivity index (χ2n) is 8.59. The number of likely N-dealkylation sites (N-methyl/N-ethyl adjacent to an activating group) is 1. The molecule has 8 nitrogen and oxygen atoms in total. The lowest BCUT2D eigenvalue weighted by Crippen LogP contribution is -2.52. The van der Waals surface area contributed by atoms with Crippen molar-refractivity contribution in [3.8, 4) is 5.75 Å². The van der Waals surface area contributed by atoms with E-state index in [4.69, 9.17) is 27.9 Å². The number of hydrogen-bond donors (Lipinski definition) is 1. The third-order valence-corrected chi connectivity index (χ3v) is 8.55. The van der Waals surface area contributed by atoms with E-state index < -0.39 is 28.5 Å². The standard InChI is InChI=1S/C28H31Cl2N3O5S/c1-4-24(28(35)31-5-2)32(18-20-15-16-22(29)23(30)17-20)27(34)19-33(25-13-9-10-14-26(25)38-3)39(36,37)21-11-7-6-8-12-21/h6-17,24H,4-5,18-19H2,1-3H3,(H,31,35)/t24-/m0/s1. The van der Waals surface area contributed by atoms with Crippen molar-refractivity contribution in [1.82, 2.24) is 10.2 Å². The van der Waals surface area contributed by atoms with Gasteiger partial charge in [-0.05, 0) is 55.3 Å². The van der Waals surface area contributed by atoms with Crippen molar-refractivity contribution in [1.29, 1.82) is 0 Å². The lowest BCUT2D eigenvalue weighted by molar-refractivity contribution is -0.140. The smallest absolute Gasteiger partial charge is 0.264 e. The van der Waals surface area contributed by atoms with E-state index in [-0.39, 0.29) is 28.8 Å². The average Bonchev–Trinajstić information content (AvgIpc) is 2.94. The Balaban J connectivity index is 2.10. The average molecular weight is 593 g/mol. The zero-order valence-electron chi connectivity index (χ0n) is 21.9. The first kappa shape index (κ1) is 30.3. The summed E-state index contributed by atoms with van der Waals surface area (Å²) in [5, 5.41) is 3.42. The second kappa shape index (κ2) is 13.7. The number of anilines is 1. The third kappa shape index (κ3) is 7.23. The first-order chi connectivity index (χ1) is 18.6. The van der Waals surface area contributed by atoms with Crippen molar-refractivity contribution in [2.24, 2.45) is 0 Å². The van der Waals surface area contributed by atoms with E-state index in [9.17, 15) is 18.0 Å². The maximum atomic E-state index is 14.0. The van der Waals surface area contributed by atoms with Gasteiger partial charge in [-0.3, -0.25) is 13.9 Å². The summed E-state index contributed by atoms with van der Waals surface area (Å²) in [6, 6.07) is 18.5. The van der Waals surface area contributed by atoms with Crippen molar-refractivity contribution < 1.29 is 22.7 Å². The molecule has 1 N–H and O–H groups in total. The molecule has 0 unspecified atom stereocenters. The third-order valence-electron chi connectivity index (χ3n) is 6.04. The van der Waals surface area contributed by atoms with Crippen LogP contribution in [0.15, 0.2) is 77.7 Å².